The van der Waals surface area contributed by atoms with Crippen LogP contribution < -0.4 is 0 Å². The lowest BCUT2D eigenvalue weighted by Crippen LogP contribution is -2.05. The second-order valence-electron chi connectivity index (χ2n) is 5.70. The van der Waals surface area contributed by atoms with Crippen LogP contribution in [-0.4, -0.2) is 5.11 Å². The predicted octanol–water partition coefficient (Wildman–Crippen LogP) is 6.02. The Balaban J connectivity index is 0.00000116. The van der Waals surface area contributed by atoms with Gasteiger partial charge in [-0.2, -0.15) is 0 Å². The third-order valence-corrected chi connectivity index (χ3v) is 4.08. The summed E-state index contributed by atoms with van der Waals surface area (Å²) in [4.78, 5) is 0. The van der Waals surface area contributed by atoms with Crippen molar-refractivity contribution in [2.24, 2.45) is 5.92 Å². The zero-order chi connectivity index (χ0) is 16.5. The van der Waals surface area contributed by atoms with Gasteiger partial charge < -0.3 is 5.11 Å². The van der Waals surface area contributed by atoms with E-state index >= 15 is 0 Å². The van der Waals surface area contributed by atoms with Crippen LogP contribution in [0.3, 0.4) is 0 Å². The maximum Gasteiger partial charge on any atom is 0.0687 e. The maximum atomic E-state index is 9.43. The summed E-state index contributed by atoms with van der Waals surface area (Å²) in [5.74, 6) is 1.28. The number of rotatable bonds is 5. The summed E-state index contributed by atoms with van der Waals surface area (Å²) in [6.45, 7) is 10.9. The molecular formula is C21H30O. The lowest BCUT2D eigenvalue weighted by molar-refractivity contribution is 0.282. The first kappa shape index (κ1) is 18.4. The van der Waals surface area contributed by atoms with Gasteiger partial charge in [0.2, 0.25) is 0 Å². The molecule has 1 heteroatoms. The molecule has 0 saturated carbocycles. The van der Waals surface area contributed by atoms with Gasteiger partial charge in [0, 0.05) is 0 Å². The molecule has 0 aromatic heterocycles. The first-order chi connectivity index (χ1) is 10.7. The highest BCUT2D eigenvalue weighted by Crippen LogP contribution is 2.30. The predicted molar refractivity (Wildman–Crippen MR) is 97.0 cm³/mol. The summed E-state index contributed by atoms with van der Waals surface area (Å²) in [5, 5.41) is 9.43. The van der Waals surface area contributed by atoms with Gasteiger partial charge in [-0.25, -0.2) is 0 Å². The number of aliphatic hydroxyl groups is 1. The van der Waals surface area contributed by atoms with E-state index in [1.165, 1.54) is 17.5 Å². The van der Waals surface area contributed by atoms with Crippen molar-refractivity contribution in [3.63, 3.8) is 0 Å². The minimum absolute atomic E-state index is 0.0848. The summed E-state index contributed by atoms with van der Waals surface area (Å²) in [6.07, 6.45) is 1.17. The molecule has 1 unspecified atom stereocenters. The van der Waals surface area contributed by atoms with Gasteiger partial charge in [-0.05, 0) is 40.5 Å². The normalized spacial score (nSPS) is 11.8. The molecule has 1 atom stereocenters. The monoisotopic (exact) mass is 298 g/mol. The molecule has 2 rings (SSSR count). The van der Waals surface area contributed by atoms with Crippen LogP contribution in [0.4, 0.5) is 0 Å². The van der Waals surface area contributed by atoms with E-state index in [0.29, 0.717) is 11.8 Å². The van der Waals surface area contributed by atoms with E-state index < -0.39 is 0 Å². The number of hydrogen-bond donors (Lipinski definition) is 1. The van der Waals surface area contributed by atoms with Crippen molar-refractivity contribution >= 4 is 0 Å². The largest absolute Gasteiger partial charge is 0.392 e. The average Bonchev–Trinajstić information content (AvgIpc) is 2.57. The van der Waals surface area contributed by atoms with Crippen LogP contribution in [0, 0.1) is 5.92 Å². The Morgan fingerprint density at radius 3 is 2.00 bits per heavy atom. The van der Waals surface area contributed by atoms with Crippen LogP contribution in [-0.2, 0) is 6.61 Å². The summed E-state index contributed by atoms with van der Waals surface area (Å²) >= 11 is 0. The van der Waals surface area contributed by atoms with Gasteiger partial charge in [0.05, 0.1) is 6.61 Å². The van der Waals surface area contributed by atoms with Gasteiger partial charge in [-0.1, -0.05) is 83.1 Å². The highest BCUT2D eigenvalue weighted by molar-refractivity contribution is 5.67. The molecule has 0 radical (unpaired) electrons. The van der Waals surface area contributed by atoms with Crippen molar-refractivity contribution in [3.8, 4) is 11.1 Å². The molecule has 22 heavy (non-hydrogen) atoms. The zero-order valence-electron chi connectivity index (χ0n) is 14.6. The zero-order valence-corrected chi connectivity index (χ0v) is 14.6. The van der Waals surface area contributed by atoms with E-state index in [4.69, 9.17) is 0 Å². The lowest BCUT2D eigenvalue weighted by Gasteiger charge is -2.20. The summed E-state index contributed by atoms with van der Waals surface area (Å²) in [5.41, 5.74) is 4.69. The molecular weight excluding hydrogens is 268 g/mol. The summed E-state index contributed by atoms with van der Waals surface area (Å²) in [6, 6.07) is 16.9. The van der Waals surface area contributed by atoms with Crippen LogP contribution in [0.5, 0.6) is 0 Å². The second kappa shape index (κ2) is 9.42. The lowest BCUT2D eigenvalue weighted by atomic mass is 9.85. The van der Waals surface area contributed by atoms with Crippen molar-refractivity contribution in [3.05, 3.63) is 59.7 Å². The van der Waals surface area contributed by atoms with E-state index in [-0.39, 0.29) is 6.61 Å². The third-order valence-electron chi connectivity index (χ3n) is 4.08. The maximum absolute atomic E-state index is 9.43. The van der Waals surface area contributed by atoms with Crippen LogP contribution in [0.2, 0.25) is 0 Å². The molecule has 120 valence electrons. The van der Waals surface area contributed by atoms with Gasteiger partial charge >= 0.3 is 0 Å². The van der Waals surface area contributed by atoms with E-state index in [1.807, 2.05) is 32.0 Å². The molecule has 0 spiro atoms. The Morgan fingerprint density at radius 2 is 1.50 bits per heavy atom. The second-order valence-corrected chi connectivity index (χ2v) is 5.70. The van der Waals surface area contributed by atoms with Crippen molar-refractivity contribution in [2.75, 3.05) is 0 Å². The Kier molecular flexibility index (Phi) is 7.90. The van der Waals surface area contributed by atoms with Crippen LogP contribution in [0.1, 0.15) is 58.1 Å². The summed E-state index contributed by atoms with van der Waals surface area (Å²) in [7, 11) is 0. The standard InChI is InChI=1S/C19H24O.C2H6/c1-4-18(14(2)3)15-9-11-16(12-10-15)19-8-6-5-7-17(19)13-20;1-2/h5-12,14,18,20H,4,13H2,1-3H3;1-2H3. The van der Waals surface area contributed by atoms with Gasteiger partial charge in [-0.3, -0.25) is 0 Å². The van der Waals surface area contributed by atoms with Gasteiger partial charge in [0.15, 0.2) is 0 Å². The molecule has 2 aromatic rings. The Labute approximate surface area is 136 Å². The molecule has 0 bridgehead atoms. The molecule has 0 aliphatic rings. The average molecular weight is 298 g/mol. The van der Waals surface area contributed by atoms with E-state index in [2.05, 4.69) is 51.1 Å². The first-order valence-corrected chi connectivity index (χ1v) is 8.46. The molecule has 0 heterocycles. The van der Waals surface area contributed by atoms with E-state index in [9.17, 15) is 5.11 Å². The Morgan fingerprint density at radius 1 is 0.909 bits per heavy atom. The van der Waals surface area contributed by atoms with Crippen molar-refractivity contribution < 1.29 is 5.11 Å². The fraction of sp³-hybridized carbons (Fsp3) is 0.429. The van der Waals surface area contributed by atoms with E-state index in [0.717, 1.165) is 11.1 Å². The highest BCUT2D eigenvalue weighted by atomic mass is 16.3. The smallest absolute Gasteiger partial charge is 0.0687 e. The Hall–Kier alpha value is -1.60. The van der Waals surface area contributed by atoms with Crippen LogP contribution in [0.15, 0.2) is 48.5 Å². The summed E-state index contributed by atoms with van der Waals surface area (Å²) < 4.78 is 0. The van der Waals surface area contributed by atoms with E-state index in [1.54, 1.807) is 0 Å². The minimum atomic E-state index is 0.0848. The highest BCUT2D eigenvalue weighted by Gasteiger charge is 2.13. The quantitative estimate of drug-likeness (QED) is 0.715. The number of benzene rings is 2. The first-order valence-electron chi connectivity index (χ1n) is 8.46. The molecule has 0 aliphatic carbocycles. The molecule has 0 amide bonds. The fourth-order valence-electron chi connectivity index (χ4n) is 2.94. The van der Waals surface area contributed by atoms with Gasteiger partial charge in [0.25, 0.3) is 0 Å². The van der Waals surface area contributed by atoms with Crippen molar-refractivity contribution in [1.29, 1.82) is 0 Å². The van der Waals surface area contributed by atoms with Crippen LogP contribution in [0.25, 0.3) is 11.1 Å². The molecule has 0 aliphatic heterocycles. The topological polar surface area (TPSA) is 20.2 Å². The van der Waals surface area contributed by atoms with Gasteiger partial charge in [-0.15, -0.1) is 0 Å². The van der Waals surface area contributed by atoms with Gasteiger partial charge in [0.1, 0.15) is 0 Å². The molecule has 1 N–H and O–H groups in total. The molecule has 0 fully saturated rings. The number of hydrogen-bond acceptors (Lipinski definition) is 1. The van der Waals surface area contributed by atoms with Crippen molar-refractivity contribution in [1.82, 2.24) is 0 Å². The molecule has 1 nitrogen and oxygen atoms in total. The molecule has 0 saturated heterocycles. The SMILES string of the molecule is CC.CCC(c1ccc(-c2ccccc2CO)cc1)C(C)C. The molecule has 2 aromatic carbocycles. The number of aliphatic hydroxyl groups excluding tert-OH is 1. The fourth-order valence-corrected chi connectivity index (χ4v) is 2.94. The minimum Gasteiger partial charge on any atom is -0.392 e. The van der Waals surface area contributed by atoms with Crippen molar-refractivity contribution in [2.45, 2.75) is 53.6 Å². The third kappa shape index (κ3) is 4.45. The Bertz CT molecular complexity index is 540. The van der Waals surface area contributed by atoms with Crippen LogP contribution >= 0.6 is 0 Å².